The maximum Gasteiger partial charge on any atom is 0.255 e. The van der Waals surface area contributed by atoms with Crippen LogP contribution in [0.25, 0.3) is 0 Å². The Kier molecular flexibility index (Phi) is 5.33. The van der Waals surface area contributed by atoms with Crippen molar-refractivity contribution in [3.05, 3.63) is 63.6 Å². The largest absolute Gasteiger partial charge is 0.336 e. The number of piperazine rings is 1. The van der Waals surface area contributed by atoms with E-state index < -0.39 is 5.82 Å². The van der Waals surface area contributed by atoms with Gasteiger partial charge in [0.15, 0.2) is 0 Å². The van der Waals surface area contributed by atoms with Crippen LogP contribution in [0.2, 0.25) is 10.0 Å². The second-order valence-corrected chi connectivity index (χ2v) is 6.49. The average Bonchev–Trinajstić information content (AvgIpc) is 2.59. The lowest BCUT2D eigenvalue weighted by molar-refractivity contribution is 0.0628. The summed E-state index contributed by atoms with van der Waals surface area (Å²) in [6.07, 6.45) is 3.59. The number of carbonyl (C=O) groups excluding carboxylic acids is 1. The molecular weight excluding hydrogens is 352 g/mol. The highest BCUT2D eigenvalue weighted by molar-refractivity contribution is 6.36. The van der Waals surface area contributed by atoms with Gasteiger partial charge in [0.25, 0.3) is 5.91 Å². The molecule has 1 aromatic carbocycles. The van der Waals surface area contributed by atoms with E-state index in [9.17, 15) is 9.18 Å². The molecular formula is C17H16Cl2FN3O. The molecule has 1 aromatic heterocycles. The lowest BCUT2D eigenvalue weighted by Crippen LogP contribution is -2.48. The van der Waals surface area contributed by atoms with Crippen LogP contribution >= 0.6 is 23.2 Å². The molecule has 0 spiro atoms. The number of carbonyl (C=O) groups is 1. The van der Waals surface area contributed by atoms with Crippen molar-refractivity contribution in [3.63, 3.8) is 0 Å². The highest BCUT2D eigenvalue weighted by atomic mass is 35.5. The van der Waals surface area contributed by atoms with E-state index in [1.165, 1.54) is 6.07 Å². The molecule has 3 rings (SSSR count). The molecule has 2 aromatic rings. The van der Waals surface area contributed by atoms with Gasteiger partial charge in [-0.05, 0) is 23.8 Å². The van der Waals surface area contributed by atoms with Crippen LogP contribution in [0, 0.1) is 5.82 Å². The molecule has 1 saturated heterocycles. The van der Waals surface area contributed by atoms with Gasteiger partial charge in [0.05, 0.1) is 15.6 Å². The Bertz CT molecular complexity index is 734. The second-order valence-electron chi connectivity index (χ2n) is 5.68. The first-order valence-electron chi connectivity index (χ1n) is 7.59. The summed E-state index contributed by atoms with van der Waals surface area (Å²) in [5, 5.41) is 0.0852. The third-order valence-electron chi connectivity index (χ3n) is 4.03. The molecule has 0 N–H and O–H groups in total. The van der Waals surface area contributed by atoms with Crippen molar-refractivity contribution in [2.24, 2.45) is 0 Å². The Balaban J connectivity index is 1.62. The first-order valence-corrected chi connectivity index (χ1v) is 8.35. The van der Waals surface area contributed by atoms with Gasteiger partial charge in [0, 0.05) is 45.1 Å². The summed E-state index contributed by atoms with van der Waals surface area (Å²) in [4.78, 5) is 20.6. The number of halogens is 3. The number of rotatable bonds is 3. The maximum atomic E-state index is 13.6. The normalized spacial score (nSPS) is 15.5. The molecule has 126 valence electrons. The molecule has 0 radical (unpaired) electrons. The van der Waals surface area contributed by atoms with E-state index in [1.807, 2.05) is 18.3 Å². The van der Waals surface area contributed by atoms with E-state index in [0.29, 0.717) is 13.1 Å². The van der Waals surface area contributed by atoms with Crippen molar-refractivity contribution in [1.29, 1.82) is 0 Å². The van der Waals surface area contributed by atoms with Crippen molar-refractivity contribution < 1.29 is 9.18 Å². The van der Waals surface area contributed by atoms with Gasteiger partial charge < -0.3 is 4.90 Å². The van der Waals surface area contributed by atoms with E-state index in [2.05, 4.69) is 9.88 Å². The van der Waals surface area contributed by atoms with Crippen LogP contribution in [-0.2, 0) is 6.54 Å². The number of hydrogen-bond donors (Lipinski definition) is 0. The average molecular weight is 368 g/mol. The van der Waals surface area contributed by atoms with Crippen LogP contribution < -0.4 is 0 Å². The number of pyridine rings is 1. The molecule has 1 aliphatic rings. The molecule has 0 saturated carbocycles. The van der Waals surface area contributed by atoms with Gasteiger partial charge in [-0.3, -0.25) is 14.7 Å². The third kappa shape index (κ3) is 3.86. The van der Waals surface area contributed by atoms with E-state index in [1.54, 1.807) is 11.1 Å². The fourth-order valence-electron chi connectivity index (χ4n) is 2.72. The third-order valence-corrected chi connectivity index (χ3v) is 4.63. The fourth-order valence-corrected chi connectivity index (χ4v) is 3.18. The van der Waals surface area contributed by atoms with Crippen molar-refractivity contribution in [2.45, 2.75) is 6.54 Å². The minimum Gasteiger partial charge on any atom is -0.336 e. The SMILES string of the molecule is O=C(c1cc(F)c(Cl)cc1Cl)N1CCN(Cc2cccnc2)CC1. The zero-order chi connectivity index (χ0) is 17.1. The quantitative estimate of drug-likeness (QED) is 0.779. The van der Waals surface area contributed by atoms with E-state index in [4.69, 9.17) is 23.2 Å². The summed E-state index contributed by atoms with van der Waals surface area (Å²) in [5.41, 5.74) is 1.29. The van der Waals surface area contributed by atoms with Crippen molar-refractivity contribution in [1.82, 2.24) is 14.8 Å². The van der Waals surface area contributed by atoms with Gasteiger partial charge in [-0.15, -0.1) is 0 Å². The molecule has 1 amide bonds. The Morgan fingerprint density at radius 1 is 1.17 bits per heavy atom. The Morgan fingerprint density at radius 3 is 2.58 bits per heavy atom. The maximum absolute atomic E-state index is 13.6. The monoisotopic (exact) mass is 367 g/mol. The summed E-state index contributed by atoms with van der Waals surface area (Å²) in [6.45, 7) is 3.42. The highest BCUT2D eigenvalue weighted by Crippen LogP contribution is 2.25. The predicted molar refractivity (Wildman–Crippen MR) is 91.8 cm³/mol. The standard InChI is InChI=1S/C17H16Cl2FN3O/c18-14-9-15(19)16(20)8-13(14)17(24)23-6-4-22(5-7-23)11-12-2-1-3-21-10-12/h1-3,8-10H,4-7,11H2. The number of hydrogen-bond acceptors (Lipinski definition) is 3. The fraction of sp³-hybridized carbons (Fsp3) is 0.294. The minimum atomic E-state index is -0.639. The van der Waals surface area contributed by atoms with Gasteiger partial charge >= 0.3 is 0 Å². The Labute approximate surface area is 149 Å². The minimum absolute atomic E-state index is 0.0853. The molecule has 0 aliphatic carbocycles. The molecule has 24 heavy (non-hydrogen) atoms. The number of nitrogens with zero attached hydrogens (tertiary/aromatic N) is 3. The van der Waals surface area contributed by atoms with Crippen molar-refractivity contribution >= 4 is 29.1 Å². The van der Waals surface area contributed by atoms with E-state index in [0.717, 1.165) is 31.3 Å². The molecule has 0 atom stereocenters. The molecule has 2 heterocycles. The number of benzene rings is 1. The van der Waals surface area contributed by atoms with Gasteiger partial charge in [-0.1, -0.05) is 29.3 Å². The number of amides is 1. The summed E-state index contributed by atoms with van der Waals surface area (Å²) < 4.78 is 13.6. The van der Waals surface area contributed by atoms with Crippen LogP contribution in [0.15, 0.2) is 36.7 Å². The Hall–Kier alpha value is -1.69. The topological polar surface area (TPSA) is 36.4 Å². The second kappa shape index (κ2) is 7.47. The first-order chi connectivity index (χ1) is 11.5. The molecule has 0 unspecified atom stereocenters. The van der Waals surface area contributed by atoms with Gasteiger partial charge in [-0.2, -0.15) is 0 Å². The van der Waals surface area contributed by atoms with Crippen molar-refractivity contribution in [2.75, 3.05) is 26.2 Å². The van der Waals surface area contributed by atoms with Crippen LogP contribution in [0.1, 0.15) is 15.9 Å². The lowest BCUT2D eigenvalue weighted by atomic mass is 10.1. The van der Waals surface area contributed by atoms with E-state index >= 15 is 0 Å². The van der Waals surface area contributed by atoms with Crippen LogP contribution in [0.5, 0.6) is 0 Å². The van der Waals surface area contributed by atoms with E-state index in [-0.39, 0.29) is 21.5 Å². The molecule has 1 aliphatic heterocycles. The van der Waals surface area contributed by atoms with Gasteiger partial charge in [0.1, 0.15) is 5.82 Å². The van der Waals surface area contributed by atoms with Crippen LogP contribution in [0.3, 0.4) is 0 Å². The summed E-state index contributed by atoms with van der Waals surface area (Å²) >= 11 is 11.7. The van der Waals surface area contributed by atoms with Gasteiger partial charge in [0.2, 0.25) is 0 Å². The summed E-state index contributed by atoms with van der Waals surface area (Å²) in [7, 11) is 0. The summed E-state index contributed by atoms with van der Waals surface area (Å²) in [6, 6.07) is 6.31. The van der Waals surface area contributed by atoms with Crippen LogP contribution in [-0.4, -0.2) is 46.9 Å². The first kappa shape index (κ1) is 17.1. The zero-order valence-electron chi connectivity index (χ0n) is 12.9. The molecule has 0 bridgehead atoms. The molecule has 1 fully saturated rings. The van der Waals surface area contributed by atoms with Crippen LogP contribution in [0.4, 0.5) is 4.39 Å². The van der Waals surface area contributed by atoms with Gasteiger partial charge in [-0.25, -0.2) is 4.39 Å². The number of aromatic nitrogens is 1. The zero-order valence-corrected chi connectivity index (χ0v) is 14.4. The highest BCUT2D eigenvalue weighted by Gasteiger charge is 2.24. The Morgan fingerprint density at radius 2 is 1.92 bits per heavy atom. The molecule has 4 nitrogen and oxygen atoms in total. The molecule has 7 heteroatoms. The summed E-state index contributed by atoms with van der Waals surface area (Å²) in [5.74, 6) is -0.906. The van der Waals surface area contributed by atoms with Crippen molar-refractivity contribution in [3.8, 4) is 0 Å². The predicted octanol–water partition coefficient (Wildman–Crippen LogP) is 3.49. The lowest BCUT2D eigenvalue weighted by Gasteiger charge is -2.34. The smallest absolute Gasteiger partial charge is 0.255 e.